The molecule has 0 saturated carbocycles. The van der Waals surface area contributed by atoms with E-state index in [-0.39, 0.29) is 0 Å². The Kier molecular flexibility index (Phi) is 3.14. The monoisotopic (exact) mass is 313 g/mol. The van der Waals surface area contributed by atoms with Gasteiger partial charge in [-0.1, -0.05) is 12.1 Å². The molecule has 0 spiro atoms. The molecule has 0 atom stereocenters. The van der Waals surface area contributed by atoms with Gasteiger partial charge in [-0.2, -0.15) is 5.26 Å². The van der Waals surface area contributed by atoms with Crippen molar-refractivity contribution < 1.29 is 8.98 Å². The lowest BCUT2D eigenvalue weighted by Crippen LogP contribution is -2.30. The van der Waals surface area contributed by atoms with Crippen molar-refractivity contribution in [3.8, 4) is 17.3 Å². The molecule has 0 unspecified atom stereocenters. The van der Waals surface area contributed by atoms with E-state index < -0.39 is 0 Å². The van der Waals surface area contributed by atoms with Crippen LogP contribution in [0.1, 0.15) is 16.7 Å². The van der Waals surface area contributed by atoms with Crippen LogP contribution in [0.4, 0.5) is 0 Å². The number of nitriles is 1. The number of aromatic nitrogens is 1. The molecule has 0 N–H and O–H groups in total. The third-order valence-electron chi connectivity index (χ3n) is 4.67. The van der Waals surface area contributed by atoms with E-state index >= 15 is 0 Å². The lowest BCUT2D eigenvalue weighted by atomic mass is 9.94. The molecule has 4 rings (SSSR count). The molecule has 0 amide bonds. The van der Waals surface area contributed by atoms with Gasteiger partial charge in [0.25, 0.3) is 0 Å². The zero-order valence-electron chi connectivity index (χ0n) is 13.9. The average Bonchev–Trinajstić information content (AvgIpc) is 2.94. The van der Waals surface area contributed by atoms with Crippen LogP contribution in [0, 0.1) is 25.2 Å². The van der Waals surface area contributed by atoms with Crippen molar-refractivity contribution in [2.75, 3.05) is 0 Å². The third-order valence-corrected chi connectivity index (χ3v) is 4.67. The standard InChI is InChI=1S/C21H17N2O/c1-13-11-18-20(16-8-6-7-15(12-22)21(16)24-18)14(2)19(13)17-9-4-5-10-23(17)3/h4-11H,1-3H3/q+1. The molecular formula is C21H17N2O+. The van der Waals surface area contributed by atoms with Gasteiger partial charge in [0, 0.05) is 22.9 Å². The maximum atomic E-state index is 9.34. The van der Waals surface area contributed by atoms with Gasteiger partial charge in [-0.15, -0.1) is 0 Å². The van der Waals surface area contributed by atoms with E-state index in [2.05, 4.69) is 55.9 Å². The zero-order valence-corrected chi connectivity index (χ0v) is 13.9. The highest BCUT2D eigenvalue weighted by atomic mass is 16.3. The normalized spacial score (nSPS) is 11.1. The van der Waals surface area contributed by atoms with Crippen molar-refractivity contribution in [1.82, 2.24) is 0 Å². The Labute approximate surface area is 140 Å². The van der Waals surface area contributed by atoms with Crippen LogP contribution in [-0.2, 0) is 7.05 Å². The highest BCUT2D eigenvalue weighted by Crippen LogP contribution is 2.38. The molecule has 3 nitrogen and oxygen atoms in total. The van der Waals surface area contributed by atoms with E-state index in [1.807, 2.05) is 18.2 Å². The first kappa shape index (κ1) is 14.5. The number of para-hydroxylation sites is 1. The summed E-state index contributed by atoms with van der Waals surface area (Å²) in [5.41, 5.74) is 6.82. The minimum atomic E-state index is 0.576. The van der Waals surface area contributed by atoms with Crippen LogP contribution in [0.25, 0.3) is 33.2 Å². The number of pyridine rings is 1. The van der Waals surface area contributed by atoms with Crippen LogP contribution in [0.5, 0.6) is 0 Å². The predicted molar refractivity (Wildman–Crippen MR) is 94.5 cm³/mol. The Morgan fingerprint density at radius 1 is 1.08 bits per heavy atom. The smallest absolute Gasteiger partial charge is 0.212 e. The summed E-state index contributed by atoms with van der Waals surface area (Å²) in [6, 6.07) is 16.2. The van der Waals surface area contributed by atoms with E-state index in [1.165, 1.54) is 22.4 Å². The number of hydrogen-bond donors (Lipinski definition) is 0. The predicted octanol–water partition coefficient (Wildman–Crippen LogP) is 4.57. The number of benzene rings is 2. The van der Waals surface area contributed by atoms with E-state index in [9.17, 15) is 5.26 Å². The highest BCUT2D eigenvalue weighted by Gasteiger charge is 2.20. The summed E-state index contributed by atoms with van der Waals surface area (Å²) in [4.78, 5) is 0. The topological polar surface area (TPSA) is 40.8 Å². The lowest BCUT2D eigenvalue weighted by Gasteiger charge is -2.09. The molecule has 4 aromatic rings. The van der Waals surface area contributed by atoms with Crippen molar-refractivity contribution in [2.24, 2.45) is 7.05 Å². The molecule has 24 heavy (non-hydrogen) atoms. The van der Waals surface area contributed by atoms with Crippen molar-refractivity contribution in [3.63, 3.8) is 0 Å². The molecule has 0 saturated heterocycles. The van der Waals surface area contributed by atoms with Gasteiger partial charge in [0.1, 0.15) is 18.7 Å². The Balaban J connectivity index is 2.17. The molecule has 116 valence electrons. The molecule has 2 heterocycles. The summed E-state index contributed by atoms with van der Waals surface area (Å²) in [6.07, 6.45) is 2.06. The number of rotatable bonds is 1. The number of aryl methyl sites for hydroxylation is 3. The summed E-state index contributed by atoms with van der Waals surface area (Å²) < 4.78 is 8.16. The summed E-state index contributed by atoms with van der Waals surface area (Å²) in [5.74, 6) is 0. The quantitative estimate of drug-likeness (QED) is 0.483. The lowest BCUT2D eigenvalue weighted by molar-refractivity contribution is -0.660. The second-order valence-electron chi connectivity index (χ2n) is 6.16. The molecule has 0 aliphatic carbocycles. The minimum absolute atomic E-state index is 0.576. The van der Waals surface area contributed by atoms with Gasteiger partial charge in [0.05, 0.1) is 11.1 Å². The summed E-state index contributed by atoms with van der Waals surface area (Å²) in [6.45, 7) is 4.23. The number of furan rings is 1. The fourth-order valence-electron chi connectivity index (χ4n) is 3.58. The number of hydrogen-bond acceptors (Lipinski definition) is 2. The zero-order chi connectivity index (χ0) is 16.8. The van der Waals surface area contributed by atoms with E-state index in [4.69, 9.17) is 4.42 Å². The van der Waals surface area contributed by atoms with Crippen LogP contribution in [-0.4, -0.2) is 0 Å². The van der Waals surface area contributed by atoms with Gasteiger partial charge in [0.15, 0.2) is 11.8 Å². The second-order valence-corrected chi connectivity index (χ2v) is 6.16. The molecule has 0 fully saturated rings. The average molecular weight is 313 g/mol. The van der Waals surface area contributed by atoms with Crippen molar-refractivity contribution in [2.45, 2.75) is 13.8 Å². The van der Waals surface area contributed by atoms with Crippen LogP contribution < -0.4 is 4.57 Å². The van der Waals surface area contributed by atoms with Gasteiger partial charge in [-0.3, -0.25) is 0 Å². The third kappa shape index (κ3) is 1.93. The SMILES string of the molecule is Cc1cc2oc3c(C#N)cccc3c2c(C)c1-c1cccc[n+]1C. The molecule has 0 radical (unpaired) electrons. The fourth-order valence-corrected chi connectivity index (χ4v) is 3.58. The van der Waals surface area contributed by atoms with E-state index in [0.29, 0.717) is 11.1 Å². The van der Waals surface area contributed by atoms with Gasteiger partial charge < -0.3 is 4.42 Å². The first-order valence-electron chi connectivity index (χ1n) is 7.92. The summed E-state index contributed by atoms with van der Waals surface area (Å²) in [7, 11) is 2.06. The molecule has 2 aromatic heterocycles. The highest BCUT2D eigenvalue weighted by molar-refractivity contribution is 6.10. The summed E-state index contributed by atoms with van der Waals surface area (Å²) in [5, 5.41) is 11.4. The Hall–Kier alpha value is -3.12. The largest absolute Gasteiger partial charge is 0.455 e. The molecular weight excluding hydrogens is 296 g/mol. The molecule has 2 aromatic carbocycles. The van der Waals surface area contributed by atoms with Crippen molar-refractivity contribution >= 4 is 21.9 Å². The molecule has 0 bridgehead atoms. The van der Waals surface area contributed by atoms with E-state index in [0.717, 1.165) is 16.4 Å². The van der Waals surface area contributed by atoms with Crippen molar-refractivity contribution in [1.29, 1.82) is 5.26 Å². The first-order valence-corrected chi connectivity index (χ1v) is 7.92. The Bertz CT molecular complexity index is 1150. The van der Waals surface area contributed by atoms with E-state index in [1.54, 1.807) is 6.07 Å². The second kappa shape index (κ2) is 5.21. The number of nitrogens with zero attached hydrogens (tertiary/aromatic N) is 2. The van der Waals surface area contributed by atoms with Crippen molar-refractivity contribution in [3.05, 3.63) is 65.4 Å². The Morgan fingerprint density at radius 2 is 1.92 bits per heavy atom. The molecule has 3 heteroatoms. The molecule has 0 aliphatic heterocycles. The van der Waals surface area contributed by atoms with Crippen LogP contribution in [0.3, 0.4) is 0 Å². The maximum absolute atomic E-state index is 9.34. The van der Waals surface area contributed by atoms with Crippen LogP contribution in [0.15, 0.2) is 53.1 Å². The fraction of sp³-hybridized carbons (Fsp3) is 0.143. The number of fused-ring (bicyclic) bond motifs is 3. The van der Waals surface area contributed by atoms with Crippen LogP contribution >= 0.6 is 0 Å². The maximum Gasteiger partial charge on any atom is 0.212 e. The Morgan fingerprint density at radius 3 is 2.67 bits per heavy atom. The summed E-state index contributed by atoms with van der Waals surface area (Å²) >= 11 is 0. The minimum Gasteiger partial charge on any atom is -0.455 e. The van der Waals surface area contributed by atoms with Gasteiger partial charge in [0.2, 0.25) is 5.69 Å². The molecule has 0 aliphatic rings. The van der Waals surface area contributed by atoms with Gasteiger partial charge >= 0.3 is 0 Å². The van der Waals surface area contributed by atoms with Gasteiger partial charge in [-0.25, -0.2) is 4.57 Å². The first-order chi connectivity index (χ1) is 11.6. The van der Waals surface area contributed by atoms with Gasteiger partial charge in [-0.05, 0) is 43.2 Å². The van der Waals surface area contributed by atoms with Crippen LogP contribution in [0.2, 0.25) is 0 Å².